The first-order chi connectivity index (χ1) is 10.1. The van der Waals surface area contributed by atoms with Gasteiger partial charge in [-0.2, -0.15) is 0 Å². The maximum atomic E-state index is 8.90. The Morgan fingerprint density at radius 2 is 2.14 bits per heavy atom. The summed E-state index contributed by atoms with van der Waals surface area (Å²) in [5.74, 6) is 0.000265. The lowest BCUT2D eigenvalue weighted by Gasteiger charge is -2.22. The molecule has 1 aromatic carbocycles. The van der Waals surface area contributed by atoms with Crippen molar-refractivity contribution in [3.8, 4) is 0 Å². The predicted molar refractivity (Wildman–Crippen MR) is 85.2 cm³/mol. The largest absolute Gasteiger partial charge is 0.409 e. The van der Waals surface area contributed by atoms with Crippen molar-refractivity contribution in [3.05, 3.63) is 58.9 Å². The Morgan fingerprint density at radius 3 is 2.81 bits per heavy atom. The number of likely N-dealkylation sites (N-methyl/N-ethyl adjacent to an activating group) is 1. The number of benzene rings is 1. The molecule has 1 heterocycles. The molecule has 0 radical (unpaired) electrons. The summed E-state index contributed by atoms with van der Waals surface area (Å²) in [5.41, 5.74) is 8.07. The van der Waals surface area contributed by atoms with Crippen LogP contribution in [0, 0.1) is 0 Å². The van der Waals surface area contributed by atoms with Crippen LogP contribution in [0.15, 0.2) is 47.8 Å². The average Bonchev–Trinajstić information content (AvgIpc) is 2.52. The summed E-state index contributed by atoms with van der Waals surface area (Å²) in [6.07, 6.45) is 2.57. The molecule has 0 aliphatic heterocycles. The van der Waals surface area contributed by atoms with Crippen molar-refractivity contribution in [3.63, 3.8) is 0 Å². The van der Waals surface area contributed by atoms with E-state index >= 15 is 0 Å². The van der Waals surface area contributed by atoms with Gasteiger partial charge >= 0.3 is 0 Å². The summed E-state index contributed by atoms with van der Waals surface area (Å²) in [7, 11) is 1.93. The minimum atomic E-state index is 0.000265. The second-order valence-corrected chi connectivity index (χ2v) is 5.02. The predicted octanol–water partition coefficient (Wildman–Crippen LogP) is 2.51. The minimum Gasteiger partial charge on any atom is -0.409 e. The second-order valence-electron chi connectivity index (χ2n) is 4.61. The third-order valence-corrected chi connectivity index (χ3v) is 3.51. The number of rotatable bonds is 5. The van der Waals surface area contributed by atoms with E-state index in [0.29, 0.717) is 10.6 Å². The number of amidine groups is 1. The highest BCUT2D eigenvalue weighted by atomic mass is 35.5. The van der Waals surface area contributed by atoms with Crippen molar-refractivity contribution in [1.29, 1.82) is 0 Å². The fourth-order valence-electron chi connectivity index (χ4n) is 2.08. The molecule has 0 saturated carbocycles. The molecule has 0 spiro atoms. The molecule has 1 aromatic heterocycles. The molecule has 6 heteroatoms. The number of aromatic nitrogens is 1. The highest BCUT2D eigenvalue weighted by Crippen LogP contribution is 2.26. The lowest BCUT2D eigenvalue weighted by molar-refractivity contribution is 0.318. The number of hydrogen-bond donors (Lipinski definition) is 2. The number of halogens is 1. The molecule has 110 valence electrons. The van der Waals surface area contributed by atoms with Gasteiger partial charge < -0.3 is 15.8 Å². The number of anilines is 1. The van der Waals surface area contributed by atoms with Gasteiger partial charge in [-0.25, -0.2) is 0 Å². The smallest absolute Gasteiger partial charge is 0.173 e. The van der Waals surface area contributed by atoms with Crippen LogP contribution in [0.5, 0.6) is 0 Å². The SMILES string of the molecule is CN(CCc1ccccn1)c1cccc(Cl)c1C(N)=NO. The molecule has 0 amide bonds. The summed E-state index contributed by atoms with van der Waals surface area (Å²) in [4.78, 5) is 6.30. The summed E-state index contributed by atoms with van der Waals surface area (Å²) in [6.45, 7) is 0.739. The molecule has 0 unspecified atom stereocenters. The van der Waals surface area contributed by atoms with Gasteiger partial charge in [-0.3, -0.25) is 4.98 Å². The van der Waals surface area contributed by atoms with E-state index in [1.54, 1.807) is 12.3 Å². The van der Waals surface area contributed by atoms with E-state index in [9.17, 15) is 0 Å². The van der Waals surface area contributed by atoms with Crippen molar-refractivity contribution in [1.82, 2.24) is 4.98 Å². The second kappa shape index (κ2) is 6.95. The Labute approximate surface area is 128 Å². The molecule has 0 atom stereocenters. The topological polar surface area (TPSA) is 74.7 Å². The van der Waals surface area contributed by atoms with E-state index in [1.807, 2.05) is 42.3 Å². The van der Waals surface area contributed by atoms with Crippen LogP contribution >= 0.6 is 11.6 Å². The molecule has 21 heavy (non-hydrogen) atoms. The van der Waals surface area contributed by atoms with Gasteiger partial charge in [-0.05, 0) is 24.3 Å². The quantitative estimate of drug-likeness (QED) is 0.385. The van der Waals surface area contributed by atoms with Gasteiger partial charge in [0.1, 0.15) is 0 Å². The third kappa shape index (κ3) is 3.64. The van der Waals surface area contributed by atoms with Crippen molar-refractivity contribution in [2.75, 3.05) is 18.5 Å². The first-order valence-electron chi connectivity index (χ1n) is 6.51. The number of nitrogens with two attached hydrogens (primary N) is 1. The zero-order valence-electron chi connectivity index (χ0n) is 11.7. The van der Waals surface area contributed by atoms with Crippen molar-refractivity contribution >= 4 is 23.1 Å². The van der Waals surface area contributed by atoms with Gasteiger partial charge in [0.15, 0.2) is 5.84 Å². The fourth-order valence-corrected chi connectivity index (χ4v) is 2.35. The molecule has 0 bridgehead atoms. The van der Waals surface area contributed by atoms with E-state index in [-0.39, 0.29) is 5.84 Å². The Hall–Kier alpha value is -2.27. The lowest BCUT2D eigenvalue weighted by atomic mass is 10.1. The van der Waals surface area contributed by atoms with Crippen LogP contribution in [0.4, 0.5) is 5.69 Å². The molecule has 2 aromatic rings. The van der Waals surface area contributed by atoms with E-state index in [2.05, 4.69) is 10.1 Å². The van der Waals surface area contributed by atoms with Crippen molar-refractivity contribution in [2.24, 2.45) is 10.9 Å². The lowest BCUT2D eigenvalue weighted by Crippen LogP contribution is -2.25. The average molecular weight is 305 g/mol. The fraction of sp³-hybridized carbons (Fsp3) is 0.200. The number of oxime groups is 1. The molecule has 0 aliphatic rings. The van der Waals surface area contributed by atoms with Crippen LogP contribution < -0.4 is 10.6 Å². The van der Waals surface area contributed by atoms with Crippen LogP contribution in [-0.4, -0.2) is 29.6 Å². The molecule has 0 saturated heterocycles. The van der Waals surface area contributed by atoms with Crippen LogP contribution in [-0.2, 0) is 6.42 Å². The van der Waals surface area contributed by atoms with Crippen molar-refractivity contribution in [2.45, 2.75) is 6.42 Å². The van der Waals surface area contributed by atoms with E-state index in [0.717, 1.165) is 24.3 Å². The Bertz CT molecular complexity index is 631. The molecular formula is C15H17ClN4O. The van der Waals surface area contributed by atoms with Crippen molar-refractivity contribution < 1.29 is 5.21 Å². The zero-order chi connectivity index (χ0) is 15.2. The summed E-state index contributed by atoms with van der Waals surface area (Å²) in [6, 6.07) is 11.3. The summed E-state index contributed by atoms with van der Waals surface area (Å²) < 4.78 is 0. The Kier molecular flexibility index (Phi) is 5.00. The number of nitrogens with zero attached hydrogens (tertiary/aromatic N) is 3. The molecule has 0 aliphatic carbocycles. The molecule has 3 N–H and O–H groups in total. The molecule has 5 nitrogen and oxygen atoms in total. The van der Waals surface area contributed by atoms with Gasteiger partial charge in [0.2, 0.25) is 0 Å². The highest BCUT2D eigenvalue weighted by molar-refractivity contribution is 6.34. The normalized spacial score (nSPS) is 11.4. The van der Waals surface area contributed by atoms with Crippen LogP contribution in [0.1, 0.15) is 11.3 Å². The molecular weight excluding hydrogens is 288 g/mol. The number of hydrogen-bond acceptors (Lipinski definition) is 4. The van der Waals surface area contributed by atoms with Gasteiger partial charge in [-0.1, -0.05) is 28.9 Å². The van der Waals surface area contributed by atoms with Gasteiger partial charge in [0.25, 0.3) is 0 Å². The van der Waals surface area contributed by atoms with Gasteiger partial charge in [-0.15, -0.1) is 0 Å². The van der Waals surface area contributed by atoms with Crippen LogP contribution in [0.2, 0.25) is 5.02 Å². The summed E-state index contributed by atoms with van der Waals surface area (Å²) in [5, 5.41) is 12.4. The third-order valence-electron chi connectivity index (χ3n) is 3.20. The van der Waals surface area contributed by atoms with Gasteiger partial charge in [0.05, 0.1) is 10.6 Å². The monoisotopic (exact) mass is 304 g/mol. The van der Waals surface area contributed by atoms with Crippen LogP contribution in [0.25, 0.3) is 0 Å². The highest BCUT2D eigenvalue weighted by Gasteiger charge is 2.14. The maximum Gasteiger partial charge on any atom is 0.173 e. The standard InChI is InChI=1S/C15H17ClN4O/c1-20(10-8-11-5-2-3-9-18-11)13-7-4-6-12(16)14(13)15(17)19-21/h2-7,9,21H,8,10H2,1H3,(H2,17,19). The van der Waals surface area contributed by atoms with Crippen LogP contribution in [0.3, 0.4) is 0 Å². The van der Waals surface area contributed by atoms with E-state index < -0.39 is 0 Å². The Balaban J connectivity index is 2.19. The number of pyridine rings is 1. The maximum absolute atomic E-state index is 8.90. The van der Waals surface area contributed by atoms with E-state index in [1.165, 1.54) is 0 Å². The first kappa shape index (κ1) is 15.1. The minimum absolute atomic E-state index is 0.000265. The molecule has 0 fully saturated rings. The Morgan fingerprint density at radius 1 is 1.33 bits per heavy atom. The summed E-state index contributed by atoms with van der Waals surface area (Å²) >= 11 is 6.15. The van der Waals surface area contributed by atoms with Gasteiger partial charge in [0, 0.05) is 37.6 Å². The molecule has 2 rings (SSSR count). The zero-order valence-corrected chi connectivity index (χ0v) is 12.5. The first-order valence-corrected chi connectivity index (χ1v) is 6.88. The van der Waals surface area contributed by atoms with E-state index in [4.69, 9.17) is 22.5 Å².